The number of aryl methyl sites for hydroxylation is 2. The lowest BCUT2D eigenvalue weighted by molar-refractivity contribution is -0.150. The highest BCUT2D eigenvalue weighted by Crippen LogP contribution is 2.59. The standard InChI is InChI=1S/C24H30N2O6/c1-5-11-25(19-13(2)7-6-8-14(19)3)22(29)20-24-10-9-16(32-24)17(23(30)31)18(24)21(28)26(20)15(4)12-27/h5-8,15-18,20,27H,1,9-12H2,2-4H3,(H,30,31)/t15-,16-,17+,18+,20?,24?/m1/s1. The minimum Gasteiger partial charge on any atom is -0.481 e. The maximum atomic E-state index is 14.2. The molecular weight excluding hydrogens is 412 g/mol. The molecule has 2 unspecified atom stereocenters. The molecule has 0 aliphatic carbocycles. The first-order valence-electron chi connectivity index (χ1n) is 11.0. The number of aliphatic hydroxyl groups excluding tert-OH is 1. The van der Waals surface area contributed by atoms with E-state index in [9.17, 15) is 24.6 Å². The van der Waals surface area contributed by atoms with Gasteiger partial charge >= 0.3 is 5.97 Å². The average Bonchev–Trinajstić information content (AvgIpc) is 3.39. The SMILES string of the molecule is C=CCN(C(=O)C1N([C@H](C)CO)C(=O)[C@@H]2[C@@H](C(=O)O)[C@H]3CCC12O3)c1c(C)cccc1C. The second-order valence-electron chi connectivity index (χ2n) is 9.15. The zero-order valence-electron chi connectivity index (χ0n) is 18.7. The van der Waals surface area contributed by atoms with Crippen molar-refractivity contribution in [3.05, 3.63) is 42.0 Å². The number of carbonyl (C=O) groups is 3. The minimum absolute atomic E-state index is 0.225. The molecule has 1 aromatic carbocycles. The molecule has 6 atom stereocenters. The Bertz CT molecular complexity index is 957. The van der Waals surface area contributed by atoms with Crippen molar-refractivity contribution in [1.29, 1.82) is 0 Å². The average molecular weight is 443 g/mol. The number of carbonyl (C=O) groups excluding carboxylic acids is 2. The monoisotopic (exact) mass is 442 g/mol. The van der Waals surface area contributed by atoms with Crippen molar-refractivity contribution in [2.45, 2.75) is 57.4 Å². The summed E-state index contributed by atoms with van der Waals surface area (Å²) in [6.07, 6.45) is 1.95. The molecule has 3 fully saturated rings. The number of amides is 2. The van der Waals surface area contributed by atoms with Crippen LogP contribution >= 0.6 is 0 Å². The molecule has 3 aliphatic rings. The Morgan fingerprint density at radius 3 is 2.59 bits per heavy atom. The molecule has 8 nitrogen and oxygen atoms in total. The van der Waals surface area contributed by atoms with Crippen LogP contribution in [-0.4, -0.2) is 69.8 Å². The van der Waals surface area contributed by atoms with E-state index in [0.717, 1.165) is 16.8 Å². The first kappa shape index (κ1) is 22.5. The number of carboxylic acid groups (broad SMARTS) is 1. The third-order valence-corrected chi connectivity index (χ3v) is 7.28. The fourth-order valence-electron chi connectivity index (χ4n) is 6.01. The van der Waals surface area contributed by atoms with Crippen LogP contribution in [-0.2, 0) is 19.1 Å². The molecule has 32 heavy (non-hydrogen) atoms. The number of aliphatic hydroxyl groups is 1. The third kappa shape index (κ3) is 3.00. The number of hydrogen-bond acceptors (Lipinski definition) is 5. The van der Waals surface area contributed by atoms with Crippen LogP contribution in [0.3, 0.4) is 0 Å². The maximum Gasteiger partial charge on any atom is 0.310 e. The highest BCUT2D eigenvalue weighted by atomic mass is 16.5. The van der Waals surface area contributed by atoms with Gasteiger partial charge in [-0.25, -0.2) is 0 Å². The largest absolute Gasteiger partial charge is 0.481 e. The molecule has 3 saturated heterocycles. The van der Waals surface area contributed by atoms with Gasteiger partial charge in [0.15, 0.2) is 0 Å². The van der Waals surface area contributed by atoms with Crippen LogP contribution in [0.5, 0.6) is 0 Å². The lowest BCUT2D eigenvalue weighted by atomic mass is 9.70. The molecule has 3 heterocycles. The highest BCUT2D eigenvalue weighted by Gasteiger charge is 2.75. The van der Waals surface area contributed by atoms with E-state index in [-0.39, 0.29) is 19.1 Å². The van der Waals surface area contributed by atoms with Crippen molar-refractivity contribution >= 4 is 23.5 Å². The van der Waals surface area contributed by atoms with Crippen molar-refractivity contribution in [1.82, 2.24) is 4.90 Å². The Labute approximate surface area is 187 Å². The lowest BCUT2D eigenvalue weighted by Crippen LogP contribution is -2.58. The molecule has 0 radical (unpaired) electrons. The van der Waals surface area contributed by atoms with E-state index in [1.165, 1.54) is 4.90 Å². The first-order valence-corrected chi connectivity index (χ1v) is 11.0. The Kier molecular flexibility index (Phi) is 5.63. The number of carboxylic acids is 1. The van der Waals surface area contributed by atoms with Crippen LogP contribution in [0.15, 0.2) is 30.9 Å². The summed E-state index contributed by atoms with van der Waals surface area (Å²) in [5.74, 6) is -3.79. The van der Waals surface area contributed by atoms with Crippen molar-refractivity contribution in [3.63, 3.8) is 0 Å². The molecule has 8 heteroatoms. The molecule has 1 aromatic rings. The van der Waals surface area contributed by atoms with Crippen LogP contribution in [0.4, 0.5) is 5.69 Å². The van der Waals surface area contributed by atoms with Gasteiger partial charge in [0.1, 0.15) is 11.6 Å². The lowest BCUT2D eigenvalue weighted by Gasteiger charge is -2.39. The van der Waals surface area contributed by atoms with Gasteiger partial charge in [-0.3, -0.25) is 14.4 Å². The van der Waals surface area contributed by atoms with Gasteiger partial charge in [0, 0.05) is 12.2 Å². The van der Waals surface area contributed by atoms with Gasteiger partial charge in [0.05, 0.1) is 30.6 Å². The van der Waals surface area contributed by atoms with Crippen LogP contribution in [0.1, 0.15) is 30.9 Å². The molecule has 4 rings (SSSR count). The van der Waals surface area contributed by atoms with Gasteiger partial charge < -0.3 is 24.7 Å². The van der Waals surface area contributed by atoms with E-state index in [0.29, 0.717) is 12.8 Å². The number of aliphatic carboxylic acids is 1. The van der Waals surface area contributed by atoms with Crippen LogP contribution in [0.2, 0.25) is 0 Å². The fourth-order valence-corrected chi connectivity index (χ4v) is 6.01. The number of hydrogen-bond donors (Lipinski definition) is 2. The maximum absolute atomic E-state index is 14.2. The van der Waals surface area contributed by atoms with E-state index in [1.54, 1.807) is 17.9 Å². The van der Waals surface area contributed by atoms with Crippen molar-refractivity contribution in [2.75, 3.05) is 18.1 Å². The highest BCUT2D eigenvalue weighted by molar-refractivity contribution is 6.05. The molecule has 172 valence electrons. The smallest absolute Gasteiger partial charge is 0.310 e. The summed E-state index contributed by atoms with van der Waals surface area (Å²) in [5, 5.41) is 19.7. The second-order valence-corrected chi connectivity index (χ2v) is 9.15. The van der Waals surface area contributed by atoms with Gasteiger partial charge in [0.2, 0.25) is 5.91 Å². The Morgan fingerprint density at radius 2 is 2.03 bits per heavy atom. The van der Waals surface area contributed by atoms with E-state index in [4.69, 9.17) is 4.74 Å². The van der Waals surface area contributed by atoms with Gasteiger partial charge in [-0.2, -0.15) is 0 Å². The predicted octanol–water partition coefficient (Wildman–Crippen LogP) is 1.66. The summed E-state index contributed by atoms with van der Waals surface area (Å²) >= 11 is 0. The molecule has 0 aromatic heterocycles. The van der Waals surface area contributed by atoms with E-state index < -0.39 is 47.5 Å². The number of anilines is 1. The fraction of sp³-hybridized carbons (Fsp3) is 0.542. The summed E-state index contributed by atoms with van der Waals surface area (Å²) in [5.41, 5.74) is 1.34. The number of likely N-dealkylation sites (tertiary alicyclic amines) is 1. The molecule has 3 aliphatic heterocycles. The van der Waals surface area contributed by atoms with Gasteiger partial charge in [0.25, 0.3) is 5.91 Å². The number of fused-ring (bicyclic) bond motifs is 1. The molecule has 1 spiro atoms. The number of nitrogens with zero attached hydrogens (tertiary/aromatic N) is 2. The summed E-state index contributed by atoms with van der Waals surface area (Å²) < 4.78 is 6.21. The Hall–Kier alpha value is -2.71. The summed E-state index contributed by atoms with van der Waals surface area (Å²) in [7, 11) is 0. The van der Waals surface area contributed by atoms with Crippen molar-refractivity contribution < 1.29 is 29.3 Å². The molecule has 2 amide bonds. The molecular formula is C24H30N2O6. The zero-order valence-corrected chi connectivity index (χ0v) is 18.7. The van der Waals surface area contributed by atoms with Gasteiger partial charge in [-0.1, -0.05) is 24.3 Å². The first-order chi connectivity index (χ1) is 15.2. The van der Waals surface area contributed by atoms with Crippen LogP contribution in [0.25, 0.3) is 0 Å². The summed E-state index contributed by atoms with van der Waals surface area (Å²) in [6.45, 7) is 9.18. The quantitative estimate of drug-likeness (QED) is 0.622. The predicted molar refractivity (Wildman–Crippen MR) is 117 cm³/mol. The van der Waals surface area contributed by atoms with E-state index in [2.05, 4.69) is 6.58 Å². The molecule has 2 bridgehead atoms. The molecule has 0 saturated carbocycles. The number of ether oxygens (including phenoxy) is 1. The number of benzene rings is 1. The number of para-hydroxylation sites is 1. The number of rotatable bonds is 7. The summed E-state index contributed by atoms with van der Waals surface area (Å²) in [6, 6.07) is 4.07. The van der Waals surface area contributed by atoms with Gasteiger partial charge in [-0.05, 0) is 44.7 Å². The second kappa shape index (κ2) is 8.01. The Balaban J connectivity index is 1.85. The topological polar surface area (TPSA) is 107 Å². The van der Waals surface area contributed by atoms with E-state index >= 15 is 0 Å². The summed E-state index contributed by atoms with van der Waals surface area (Å²) in [4.78, 5) is 42.7. The molecule has 2 N–H and O–H groups in total. The van der Waals surface area contributed by atoms with Crippen LogP contribution < -0.4 is 4.90 Å². The van der Waals surface area contributed by atoms with E-state index in [1.807, 2.05) is 32.0 Å². The normalized spacial score (nSPS) is 31.5. The van der Waals surface area contributed by atoms with Crippen LogP contribution in [0, 0.1) is 25.7 Å². The Morgan fingerprint density at radius 1 is 1.38 bits per heavy atom. The zero-order chi connectivity index (χ0) is 23.4. The van der Waals surface area contributed by atoms with Crippen molar-refractivity contribution in [3.8, 4) is 0 Å². The van der Waals surface area contributed by atoms with Crippen molar-refractivity contribution in [2.24, 2.45) is 11.8 Å². The minimum atomic E-state index is -1.21. The third-order valence-electron chi connectivity index (χ3n) is 7.28. The van der Waals surface area contributed by atoms with Gasteiger partial charge in [-0.15, -0.1) is 6.58 Å².